The monoisotopic (exact) mass is 497 g/mol. The summed E-state index contributed by atoms with van der Waals surface area (Å²) in [6.45, 7) is 1.84. The lowest BCUT2D eigenvalue weighted by atomic mass is 9.94. The van der Waals surface area contributed by atoms with Crippen LogP contribution in [0, 0.1) is 6.92 Å². The first-order chi connectivity index (χ1) is 16.3. The van der Waals surface area contributed by atoms with Crippen molar-refractivity contribution in [1.82, 2.24) is 0 Å². The minimum Gasteiger partial charge on any atom is -0.506 e. The molecule has 3 aromatic carbocycles. The smallest absolute Gasteiger partial charge is 0.300 e. The van der Waals surface area contributed by atoms with Crippen molar-refractivity contribution in [3.8, 4) is 11.5 Å². The van der Waals surface area contributed by atoms with Gasteiger partial charge in [0.2, 0.25) is 0 Å². The number of halogens is 2. The Labute approximate surface area is 206 Å². The number of aryl methyl sites for hydroxylation is 1. The Bertz CT molecular complexity index is 1300. The van der Waals surface area contributed by atoms with Gasteiger partial charge in [0.1, 0.15) is 22.8 Å². The first kappa shape index (κ1) is 23.7. The number of benzene rings is 3. The molecule has 174 valence electrons. The summed E-state index contributed by atoms with van der Waals surface area (Å²) in [7, 11) is 2.88. The van der Waals surface area contributed by atoms with Crippen molar-refractivity contribution < 1.29 is 24.2 Å². The quantitative estimate of drug-likeness (QED) is 0.268. The molecule has 1 unspecified atom stereocenters. The summed E-state index contributed by atoms with van der Waals surface area (Å²) in [6.07, 6.45) is 0. The molecular formula is C26H21Cl2NO5. The maximum atomic E-state index is 13.4. The third kappa shape index (κ3) is 4.00. The van der Waals surface area contributed by atoms with Crippen LogP contribution in [-0.4, -0.2) is 31.0 Å². The summed E-state index contributed by atoms with van der Waals surface area (Å²) in [5.74, 6) is -1.47. The fraction of sp³-hybridized carbons (Fsp3) is 0.154. The lowest BCUT2D eigenvalue weighted by Crippen LogP contribution is -2.29. The molecule has 1 fully saturated rings. The Kier molecular flexibility index (Phi) is 6.55. The number of aliphatic hydroxyl groups is 1. The van der Waals surface area contributed by atoms with Gasteiger partial charge in [0.15, 0.2) is 0 Å². The van der Waals surface area contributed by atoms with Crippen LogP contribution in [0.1, 0.15) is 22.7 Å². The number of Topliss-reactive ketones (excluding diaryl/α,β-unsaturated/α-hetero) is 1. The van der Waals surface area contributed by atoms with E-state index in [0.29, 0.717) is 21.3 Å². The van der Waals surface area contributed by atoms with Crippen LogP contribution in [0.5, 0.6) is 11.5 Å². The molecule has 0 bridgehead atoms. The minimum absolute atomic E-state index is 0.105. The first-order valence-corrected chi connectivity index (χ1v) is 11.1. The van der Waals surface area contributed by atoms with Crippen molar-refractivity contribution in [3.05, 3.63) is 93.0 Å². The highest BCUT2D eigenvalue weighted by Crippen LogP contribution is 2.45. The molecule has 0 aromatic heterocycles. The Morgan fingerprint density at radius 1 is 0.941 bits per heavy atom. The SMILES string of the molecule is COc1cccc(OC)c1/C(O)=C1\C(=O)C(=O)N(c2ccc(C)c(Cl)c2)C1c1ccc(Cl)cc1. The van der Waals surface area contributed by atoms with E-state index in [-0.39, 0.29) is 22.6 Å². The van der Waals surface area contributed by atoms with Crippen molar-refractivity contribution in [2.75, 3.05) is 19.1 Å². The molecule has 6 nitrogen and oxygen atoms in total. The van der Waals surface area contributed by atoms with Gasteiger partial charge in [0.25, 0.3) is 11.7 Å². The van der Waals surface area contributed by atoms with E-state index in [1.54, 1.807) is 60.7 Å². The normalized spacial score (nSPS) is 17.2. The molecule has 0 radical (unpaired) electrons. The van der Waals surface area contributed by atoms with Crippen LogP contribution < -0.4 is 14.4 Å². The van der Waals surface area contributed by atoms with Crippen LogP contribution in [0.2, 0.25) is 10.0 Å². The van der Waals surface area contributed by atoms with Gasteiger partial charge in [0, 0.05) is 15.7 Å². The number of amides is 1. The number of hydrogen-bond acceptors (Lipinski definition) is 5. The van der Waals surface area contributed by atoms with Gasteiger partial charge in [-0.2, -0.15) is 0 Å². The van der Waals surface area contributed by atoms with Gasteiger partial charge in [-0.25, -0.2) is 0 Å². The summed E-state index contributed by atoms with van der Waals surface area (Å²) in [5, 5.41) is 12.4. The topological polar surface area (TPSA) is 76.1 Å². The zero-order chi connectivity index (χ0) is 24.6. The molecule has 1 atom stereocenters. The number of hydrogen-bond donors (Lipinski definition) is 1. The second-order valence-corrected chi connectivity index (χ2v) is 8.54. The van der Waals surface area contributed by atoms with Crippen LogP contribution in [0.15, 0.2) is 66.2 Å². The average molecular weight is 498 g/mol. The number of methoxy groups -OCH3 is 2. The zero-order valence-electron chi connectivity index (χ0n) is 18.6. The van der Waals surface area contributed by atoms with Gasteiger partial charge in [-0.1, -0.05) is 47.5 Å². The largest absolute Gasteiger partial charge is 0.506 e. The molecule has 0 spiro atoms. The summed E-state index contributed by atoms with van der Waals surface area (Å²) in [5.41, 5.74) is 1.89. The molecule has 1 heterocycles. The summed E-state index contributed by atoms with van der Waals surface area (Å²) in [4.78, 5) is 28.0. The highest BCUT2D eigenvalue weighted by molar-refractivity contribution is 6.52. The van der Waals surface area contributed by atoms with E-state index in [4.69, 9.17) is 32.7 Å². The standard InChI is InChI=1S/C26H21Cl2NO5/c1-14-7-12-17(13-18(14)28)29-23(15-8-10-16(27)11-9-15)22(25(31)26(29)32)24(30)21-19(33-2)5-4-6-20(21)34-3/h4-13,23,30H,1-3H3/b24-22+. The van der Waals surface area contributed by atoms with Crippen molar-refractivity contribution in [1.29, 1.82) is 0 Å². The third-order valence-corrected chi connectivity index (χ3v) is 6.39. The predicted octanol–water partition coefficient (Wildman–Crippen LogP) is 5.95. The van der Waals surface area contributed by atoms with Crippen molar-refractivity contribution in [2.45, 2.75) is 13.0 Å². The molecule has 4 rings (SSSR count). The van der Waals surface area contributed by atoms with Crippen LogP contribution in [-0.2, 0) is 9.59 Å². The Hall–Kier alpha value is -3.48. The molecule has 34 heavy (non-hydrogen) atoms. The van der Waals surface area contributed by atoms with E-state index in [0.717, 1.165) is 5.56 Å². The van der Waals surface area contributed by atoms with Crippen LogP contribution >= 0.6 is 23.2 Å². The first-order valence-electron chi connectivity index (χ1n) is 10.3. The maximum absolute atomic E-state index is 13.4. The number of aliphatic hydroxyl groups excluding tert-OH is 1. The molecule has 1 aliphatic heterocycles. The van der Waals surface area contributed by atoms with E-state index >= 15 is 0 Å². The molecular weight excluding hydrogens is 477 g/mol. The minimum atomic E-state index is -0.939. The molecule has 1 aliphatic rings. The number of ether oxygens (including phenoxy) is 2. The number of nitrogens with zero attached hydrogens (tertiary/aromatic N) is 1. The molecule has 1 saturated heterocycles. The number of carbonyl (C=O) groups is 2. The van der Waals surface area contributed by atoms with E-state index < -0.39 is 23.5 Å². The third-order valence-electron chi connectivity index (χ3n) is 5.73. The summed E-state index contributed by atoms with van der Waals surface area (Å²) in [6, 6.07) is 15.8. The second-order valence-electron chi connectivity index (χ2n) is 7.69. The van der Waals surface area contributed by atoms with Gasteiger partial charge in [-0.3, -0.25) is 14.5 Å². The van der Waals surface area contributed by atoms with E-state index in [1.807, 2.05) is 6.92 Å². The van der Waals surface area contributed by atoms with Gasteiger partial charge in [0.05, 0.1) is 25.8 Å². The zero-order valence-corrected chi connectivity index (χ0v) is 20.1. The summed E-state index contributed by atoms with van der Waals surface area (Å²) >= 11 is 12.4. The average Bonchev–Trinajstić information content (AvgIpc) is 3.10. The Balaban J connectivity index is 2.01. The Morgan fingerprint density at radius 3 is 2.12 bits per heavy atom. The fourth-order valence-corrected chi connectivity index (χ4v) is 4.31. The van der Waals surface area contributed by atoms with E-state index in [1.165, 1.54) is 19.1 Å². The van der Waals surface area contributed by atoms with Gasteiger partial charge >= 0.3 is 0 Å². The summed E-state index contributed by atoms with van der Waals surface area (Å²) < 4.78 is 10.8. The van der Waals surface area contributed by atoms with E-state index in [2.05, 4.69) is 0 Å². The van der Waals surface area contributed by atoms with Gasteiger partial charge in [-0.05, 0) is 54.4 Å². The predicted molar refractivity (Wildman–Crippen MR) is 132 cm³/mol. The lowest BCUT2D eigenvalue weighted by Gasteiger charge is -2.26. The van der Waals surface area contributed by atoms with Crippen molar-refractivity contribution >= 4 is 46.3 Å². The Morgan fingerprint density at radius 2 is 1.56 bits per heavy atom. The van der Waals surface area contributed by atoms with Crippen LogP contribution in [0.3, 0.4) is 0 Å². The highest BCUT2D eigenvalue weighted by atomic mass is 35.5. The number of anilines is 1. The fourth-order valence-electron chi connectivity index (χ4n) is 4.01. The lowest BCUT2D eigenvalue weighted by molar-refractivity contribution is -0.132. The van der Waals surface area contributed by atoms with E-state index in [9.17, 15) is 14.7 Å². The highest BCUT2D eigenvalue weighted by Gasteiger charge is 2.47. The molecule has 8 heteroatoms. The van der Waals surface area contributed by atoms with Crippen molar-refractivity contribution in [2.24, 2.45) is 0 Å². The maximum Gasteiger partial charge on any atom is 0.300 e. The number of carbonyl (C=O) groups excluding carboxylic acids is 2. The van der Waals surface area contributed by atoms with Crippen molar-refractivity contribution in [3.63, 3.8) is 0 Å². The van der Waals surface area contributed by atoms with Crippen LogP contribution in [0.25, 0.3) is 5.76 Å². The molecule has 0 saturated carbocycles. The molecule has 0 aliphatic carbocycles. The second kappa shape index (κ2) is 9.41. The number of ketones is 1. The molecule has 1 amide bonds. The van der Waals surface area contributed by atoms with Crippen LogP contribution in [0.4, 0.5) is 5.69 Å². The molecule has 1 N–H and O–H groups in total. The molecule has 3 aromatic rings. The van der Waals surface area contributed by atoms with Gasteiger partial charge in [-0.15, -0.1) is 0 Å². The van der Waals surface area contributed by atoms with Gasteiger partial charge < -0.3 is 14.6 Å². The number of rotatable bonds is 5.